The number of fused-ring (bicyclic) bond motifs is 1. The van der Waals surface area contributed by atoms with E-state index >= 15 is 0 Å². The van der Waals surface area contributed by atoms with Crippen molar-refractivity contribution >= 4 is 22.6 Å². The molecule has 0 spiro atoms. The Morgan fingerprint density at radius 1 is 1.40 bits per heavy atom. The van der Waals surface area contributed by atoms with Gasteiger partial charge in [0.05, 0.1) is 0 Å². The summed E-state index contributed by atoms with van der Waals surface area (Å²) in [5.41, 5.74) is 3.05. The van der Waals surface area contributed by atoms with E-state index in [0.29, 0.717) is 3.42 Å². The number of alkyl halides is 1. The number of hydrogen-bond donors (Lipinski definition) is 0. The van der Waals surface area contributed by atoms with Crippen molar-refractivity contribution in [2.24, 2.45) is 0 Å². The van der Waals surface area contributed by atoms with Crippen LogP contribution in [0.5, 0.6) is 0 Å². The Hall–Kier alpha value is -0.0500. The van der Waals surface area contributed by atoms with Crippen LogP contribution in [0.1, 0.15) is 18.1 Å². The van der Waals surface area contributed by atoms with E-state index in [-0.39, 0.29) is 0 Å². The van der Waals surface area contributed by atoms with E-state index in [9.17, 15) is 0 Å². The Kier molecular flexibility index (Phi) is 1.31. The lowest BCUT2D eigenvalue weighted by Gasteiger charge is -2.35. The topological polar surface area (TPSA) is 0 Å². The second kappa shape index (κ2) is 1.97. The van der Waals surface area contributed by atoms with Gasteiger partial charge in [-0.25, -0.2) is 0 Å². The Bertz CT molecular complexity index is 263. The summed E-state index contributed by atoms with van der Waals surface area (Å²) in [4.78, 5) is 0. The Morgan fingerprint density at radius 2 is 2.10 bits per heavy atom. The van der Waals surface area contributed by atoms with E-state index in [4.69, 9.17) is 0 Å². The van der Waals surface area contributed by atoms with Crippen LogP contribution in [0.3, 0.4) is 0 Å². The SMILES string of the molecule is CC1(I)Cc2ccccc21. The van der Waals surface area contributed by atoms with Gasteiger partial charge in [0.1, 0.15) is 0 Å². The van der Waals surface area contributed by atoms with Crippen molar-refractivity contribution in [3.8, 4) is 0 Å². The fraction of sp³-hybridized carbons (Fsp3) is 0.333. The highest BCUT2D eigenvalue weighted by atomic mass is 127. The van der Waals surface area contributed by atoms with Crippen LogP contribution >= 0.6 is 22.6 Å². The van der Waals surface area contributed by atoms with Gasteiger partial charge in [-0.2, -0.15) is 0 Å². The van der Waals surface area contributed by atoms with Crippen LogP contribution in [0.2, 0.25) is 0 Å². The Morgan fingerprint density at radius 3 is 2.60 bits per heavy atom. The summed E-state index contributed by atoms with van der Waals surface area (Å²) >= 11 is 2.52. The maximum absolute atomic E-state index is 2.52. The first-order chi connectivity index (χ1) is 4.70. The second-order valence-corrected chi connectivity index (χ2v) is 5.41. The van der Waals surface area contributed by atoms with Crippen LogP contribution in [0, 0.1) is 0 Å². The van der Waals surface area contributed by atoms with Gasteiger partial charge in [0.15, 0.2) is 0 Å². The number of halogens is 1. The van der Waals surface area contributed by atoms with Crippen molar-refractivity contribution in [2.75, 3.05) is 0 Å². The van der Waals surface area contributed by atoms with Crippen LogP contribution in [-0.4, -0.2) is 0 Å². The van der Waals surface area contributed by atoms with Crippen molar-refractivity contribution in [3.05, 3.63) is 35.4 Å². The van der Waals surface area contributed by atoms with Crippen LogP contribution in [-0.2, 0) is 9.84 Å². The van der Waals surface area contributed by atoms with E-state index in [0.717, 1.165) is 0 Å². The van der Waals surface area contributed by atoms with Crippen molar-refractivity contribution in [2.45, 2.75) is 16.8 Å². The van der Waals surface area contributed by atoms with Gasteiger partial charge in [-0.05, 0) is 24.5 Å². The minimum Gasteiger partial charge on any atom is -0.0736 e. The number of benzene rings is 1. The molecule has 0 fully saturated rings. The average molecular weight is 244 g/mol. The number of rotatable bonds is 0. The molecule has 1 aliphatic rings. The fourth-order valence-corrected chi connectivity index (χ4v) is 2.47. The lowest BCUT2D eigenvalue weighted by atomic mass is 9.79. The summed E-state index contributed by atoms with van der Waals surface area (Å²) in [5.74, 6) is 0. The molecule has 0 amide bonds. The molecule has 1 heteroatoms. The van der Waals surface area contributed by atoms with Crippen molar-refractivity contribution in [1.29, 1.82) is 0 Å². The Labute approximate surface area is 74.8 Å². The highest BCUT2D eigenvalue weighted by Gasteiger charge is 2.34. The lowest BCUT2D eigenvalue weighted by Crippen LogP contribution is -2.28. The van der Waals surface area contributed by atoms with Crippen molar-refractivity contribution < 1.29 is 0 Å². The minimum atomic E-state index is 0.425. The average Bonchev–Trinajstić information content (AvgIpc) is 1.86. The molecule has 1 aliphatic carbocycles. The van der Waals surface area contributed by atoms with Gasteiger partial charge >= 0.3 is 0 Å². The zero-order valence-corrected chi connectivity index (χ0v) is 8.05. The summed E-state index contributed by atoms with van der Waals surface area (Å²) in [5, 5.41) is 0. The van der Waals surface area contributed by atoms with Gasteiger partial charge in [-0.1, -0.05) is 46.9 Å². The molecular weight excluding hydrogens is 235 g/mol. The van der Waals surface area contributed by atoms with E-state index in [2.05, 4.69) is 53.8 Å². The van der Waals surface area contributed by atoms with Crippen LogP contribution in [0.25, 0.3) is 0 Å². The zero-order valence-electron chi connectivity index (χ0n) is 5.89. The van der Waals surface area contributed by atoms with Gasteiger partial charge < -0.3 is 0 Å². The molecule has 1 unspecified atom stereocenters. The molecule has 1 aromatic carbocycles. The zero-order chi connectivity index (χ0) is 7.19. The predicted octanol–water partition coefficient (Wildman–Crippen LogP) is 2.89. The molecule has 0 aliphatic heterocycles. The molecule has 0 nitrogen and oxygen atoms in total. The monoisotopic (exact) mass is 244 g/mol. The Balaban J connectivity index is 2.53. The molecule has 0 radical (unpaired) electrons. The van der Waals surface area contributed by atoms with Gasteiger partial charge in [-0.15, -0.1) is 0 Å². The van der Waals surface area contributed by atoms with Crippen LogP contribution < -0.4 is 0 Å². The molecule has 0 N–H and O–H groups in total. The molecule has 0 heterocycles. The second-order valence-electron chi connectivity index (χ2n) is 3.03. The highest BCUT2D eigenvalue weighted by molar-refractivity contribution is 14.1. The fourth-order valence-electron chi connectivity index (χ4n) is 1.53. The highest BCUT2D eigenvalue weighted by Crippen LogP contribution is 2.45. The minimum absolute atomic E-state index is 0.425. The lowest BCUT2D eigenvalue weighted by molar-refractivity contribution is 0.636. The van der Waals surface area contributed by atoms with E-state index in [1.54, 1.807) is 0 Å². The third kappa shape index (κ3) is 0.797. The van der Waals surface area contributed by atoms with Crippen molar-refractivity contribution in [1.82, 2.24) is 0 Å². The molecule has 2 rings (SSSR count). The largest absolute Gasteiger partial charge is 0.0736 e. The predicted molar refractivity (Wildman–Crippen MR) is 51.5 cm³/mol. The third-order valence-electron chi connectivity index (χ3n) is 2.10. The summed E-state index contributed by atoms with van der Waals surface area (Å²) in [6.45, 7) is 2.29. The molecule has 1 aromatic rings. The maximum Gasteiger partial charge on any atom is 0.0485 e. The first-order valence-electron chi connectivity index (χ1n) is 3.47. The van der Waals surface area contributed by atoms with Crippen LogP contribution in [0.15, 0.2) is 24.3 Å². The smallest absolute Gasteiger partial charge is 0.0485 e. The van der Waals surface area contributed by atoms with E-state index in [1.165, 1.54) is 17.5 Å². The molecule has 10 heavy (non-hydrogen) atoms. The summed E-state index contributed by atoms with van der Waals surface area (Å²) in [6.07, 6.45) is 1.24. The van der Waals surface area contributed by atoms with Crippen molar-refractivity contribution in [3.63, 3.8) is 0 Å². The van der Waals surface area contributed by atoms with Gasteiger partial charge in [0.2, 0.25) is 0 Å². The first kappa shape index (κ1) is 6.65. The summed E-state index contributed by atoms with van der Waals surface area (Å²) < 4.78 is 0.425. The van der Waals surface area contributed by atoms with Gasteiger partial charge in [0.25, 0.3) is 0 Å². The summed E-state index contributed by atoms with van der Waals surface area (Å²) in [6, 6.07) is 8.68. The van der Waals surface area contributed by atoms with Crippen LogP contribution in [0.4, 0.5) is 0 Å². The number of hydrogen-bond acceptors (Lipinski definition) is 0. The maximum atomic E-state index is 2.52. The third-order valence-corrected chi connectivity index (χ3v) is 3.06. The molecule has 0 saturated carbocycles. The normalized spacial score (nSPS) is 29.0. The van der Waals surface area contributed by atoms with E-state index < -0.39 is 0 Å². The molecule has 1 atom stereocenters. The molecular formula is C9H9I. The van der Waals surface area contributed by atoms with E-state index in [1.807, 2.05) is 0 Å². The molecule has 52 valence electrons. The van der Waals surface area contributed by atoms with Gasteiger partial charge in [0, 0.05) is 3.42 Å². The standard InChI is InChI=1S/C9H9I/c1-9(10)6-7-4-2-3-5-8(7)9/h2-5H,6H2,1H3. The molecule has 0 bridgehead atoms. The van der Waals surface area contributed by atoms with Gasteiger partial charge in [-0.3, -0.25) is 0 Å². The first-order valence-corrected chi connectivity index (χ1v) is 4.55. The molecule has 0 aromatic heterocycles. The quantitative estimate of drug-likeness (QED) is 0.486. The summed E-state index contributed by atoms with van der Waals surface area (Å²) in [7, 11) is 0. The molecule has 0 saturated heterocycles.